The van der Waals surface area contributed by atoms with E-state index in [-0.39, 0.29) is 5.91 Å². The number of benzene rings is 1. The fraction of sp³-hybridized carbons (Fsp3) is 0.250. The zero-order valence-electron chi connectivity index (χ0n) is 17.2. The Balaban J connectivity index is 1.39. The number of amides is 1. The number of nitrogens with zero attached hydrogens (tertiary/aromatic N) is 8. The molecule has 0 atom stereocenters. The van der Waals surface area contributed by atoms with Gasteiger partial charge < -0.3 is 15.2 Å². The monoisotopic (exact) mass is 418 g/mol. The number of hydrogen-bond donors (Lipinski definition) is 2. The van der Waals surface area contributed by atoms with Crippen LogP contribution in [0.15, 0.2) is 49.2 Å². The molecule has 0 radical (unpaired) electrons. The summed E-state index contributed by atoms with van der Waals surface area (Å²) in [6, 6.07) is 9.06. The van der Waals surface area contributed by atoms with E-state index in [1.165, 1.54) is 12.7 Å². The van der Waals surface area contributed by atoms with Crippen molar-refractivity contribution in [3.05, 3.63) is 66.4 Å². The van der Waals surface area contributed by atoms with Gasteiger partial charge in [-0.25, -0.2) is 19.6 Å². The predicted octanol–water partition coefficient (Wildman–Crippen LogP) is 1.43. The summed E-state index contributed by atoms with van der Waals surface area (Å²) in [6.07, 6.45) is 4.63. The summed E-state index contributed by atoms with van der Waals surface area (Å²) in [7, 11) is 1.88. The molecule has 31 heavy (non-hydrogen) atoms. The zero-order valence-corrected chi connectivity index (χ0v) is 17.2. The van der Waals surface area contributed by atoms with Crippen LogP contribution in [0, 0.1) is 0 Å². The van der Waals surface area contributed by atoms with Crippen LogP contribution in [0.4, 0.5) is 5.69 Å². The molecule has 3 aromatic heterocycles. The molecule has 2 N–H and O–H groups in total. The molecular weight excluding hydrogens is 396 g/mol. The lowest BCUT2D eigenvalue weighted by Crippen LogP contribution is -2.25. The van der Waals surface area contributed by atoms with Crippen LogP contribution in [0.25, 0.3) is 11.5 Å². The largest absolute Gasteiger partial charge is 0.378 e. The Morgan fingerprint density at radius 3 is 2.77 bits per heavy atom. The van der Waals surface area contributed by atoms with Crippen LogP contribution in [0.2, 0.25) is 0 Å². The first-order valence-electron chi connectivity index (χ1n) is 9.79. The Bertz CT molecular complexity index is 1170. The molecular formula is C20H22N10O. The molecule has 11 heteroatoms. The first-order valence-corrected chi connectivity index (χ1v) is 9.79. The van der Waals surface area contributed by atoms with Gasteiger partial charge in [0, 0.05) is 31.0 Å². The third-order valence-electron chi connectivity index (χ3n) is 4.75. The summed E-state index contributed by atoms with van der Waals surface area (Å²) in [5, 5.41) is 18.7. The minimum Gasteiger partial charge on any atom is -0.378 e. The highest BCUT2D eigenvalue weighted by Gasteiger charge is 2.12. The Kier molecular flexibility index (Phi) is 5.92. The summed E-state index contributed by atoms with van der Waals surface area (Å²) >= 11 is 0. The predicted molar refractivity (Wildman–Crippen MR) is 113 cm³/mol. The minimum absolute atomic E-state index is 0.181. The maximum absolute atomic E-state index is 12.5. The van der Waals surface area contributed by atoms with Crippen molar-refractivity contribution >= 4 is 11.6 Å². The third-order valence-corrected chi connectivity index (χ3v) is 4.75. The zero-order chi connectivity index (χ0) is 21.6. The molecule has 0 saturated heterocycles. The van der Waals surface area contributed by atoms with E-state index in [9.17, 15) is 4.79 Å². The van der Waals surface area contributed by atoms with E-state index in [4.69, 9.17) is 0 Å². The van der Waals surface area contributed by atoms with E-state index in [1.807, 2.05) is 30.7 Å². The van der Waals surface area contributed by atoms with Gasteiger partial charge >= 0.3 is 0 Å². The van der Waals surface area contributed by atoms with E-state index in [1.54, 1.807) is 29.1 Å². The van der Waals surface area contributed by atoms with Gasteiger partial charge in [-0.15, -0.1) is 10.2 Å². The second kappa shape index (κ2) is 9.11. The van der Waals surface area contributed by atoms with Gasteiger partial charge in [-0.1, -0.05) is 6.07 Å². The molecule has 1 aromatic carbocycles. The van der Waals surface area contributed by atoms with Crippen LogP contribution in [0.1, 0.15) is 28.9 Å². The second-order valence-electron chi connectivity index (χ2n) is 6.70. The Labute approximate surface area is 178 Å². The van der Waals surface area contributed by atoms with E-state index >= 15 is 0 Å². The van der Waals surface area contributed by atoms with Crippen molar-refractivity contribution in [3.8, 4) is 11.5 Å². The lowest BCUT2D eigenvalue weighted by atomic mass is 10.2. The topological polar surface area (TPSA) is 128 Å². The molecule has 4 rings (SSSR count). The number of carbonyl (C=O) groups is 1. The van der Waals surface area contributed by atoms with Gasteiger partial charge in [0.2, 0.25) is 0 Å². The number of carbonyl (C=O) groups excluding carboxylic acids is 1. The molecule has 3 heterocycles. The van der Waals surface area contributed by atoms with Gasteiger partial charge in [0.15, 0.2) is 11.6 Å². The smallest absolute Gasteiger partial charge is 0.251 e. The number of anilines is 1. The minimum atomic E-state index is -0.181. The Hall–Kier alpha value is -4.15. The average molecular weight is 418 g/mol. The Morgan fingerprint density at radius 2 is 1.97 bits per heavy atom. The molecule has 0 bridgehead atoms. The van der Waals surface area contributed by atoms with Crippen LogP contribution in [0.3, 0.4) is 0 Å². The highest BCUT2D eigenvalue weighted by atomic mass is 16.1. The number of nitrogens with one attached hydrogen (secondary N) is 2. The third kappa shape index (κ3) is 4.55. The van der Waals surface area contributed by atoms with Gasteiger partial charge in [0.1, 0.15) is 24.2 Å². The quantitative estimate of drug-likeness (QED) is 0.440. The normalized spacial score (nSPS) is 10.8. The molecule has 4 aromatic rings. The van der Waals surface area contributed by atoms with Crippen molar-refractivity contribution in [1.29, 1.82) is 0 Å². The van der Waals surface area contributed by atoms with E-state index in [0.29, 0.717) is 42.5 Å². The summed E-state index contributed by atoms with van der Waals surface area (Å²) < 4.78 is 3.62. The summed E-state index contributed by atoms with van der Waals surface area (Å²) in [6.45, 7) is 3.43. The van der Waals surface area contributed by atoms with E-state index in [0.717, 1.165) is 11.5 Å². The van der Waals surface area contributed by atoms with Gasteiger partial charge in [-0.3, -0.25) is 4.79 Å². The van der Waals surface area contributed by atoms with Crippen LogP contribution in [-0.2, 0) is 26.7 Å². The van der Waals surface area contributed by atoms with Crippen LogP contribution < -0.4 is 10.6 Å². The van der Waals surface area contributed by atoms with Crippen molar-refractivity contribution < 1.29 is 4.79 Å². The molecule has 0 saturated carbocycles. The summed E-state index contributed by atoms with van der Waals surface area (Å²) in [4.78, 5) is 24.8. The van der Waals surface area contributed by atoms with Gasteiger partial charge in [0.05, 0.1) is 13.1 Å². The molecule has 0 aliphatic rings. The number of aromatic nitrogens is 8. The molecule has 158 valence electrons. The lowest BCUT2D eigenvalue weighted by Gasteiger charge is -2.09. The van der Waals surface area contributed by atoms with Crippen molar-refractivity contribution in [3.63, 3.8) is 0 Å². The number of rotatable bonds is 8. The first-order chi connectivity index (χ1) is 15.2. The molecule has 0 unspecified atom stereocenters. The molecule has 0 aliphatic heterocycles. The maximum Gasteiger partial charge on any atom is 0.251 e. The van der Waals surface area contributed by atoms with Gasteiger partial charge in [0.25, 0.3) is 5.91 Å². The van der Waals surface area contributed by atoms with E-state index < -0.39 is 0 Å². The van der Waals surface area contributed by atoms with Crippen LogP contribution in [0.5, 0.6) is 0 Å². The molecule has 0 aliphatic carbocycles. The highest BCUT2D eigenvalue weighted by Crippen LogP contribution is 2.15. The van der Waals surface area contributed by atoms with Crippen molar-refractivity contribution in [1.82, 2.24) is 44.8 Å². The average Bonchev–Trinajstić information content (AvgIpc) is 3.42. The lowest BCUT2D eigenvalue weighted by molar-refractivity contribution is 0.0949. The fourth-order valence-electron chi connectivity index (χ4n) is 3.06. The van der Waals surface area contributed by atoms with Gasteiger partial charge in [-0.05, 0) is 31.2 Å². The van der Waals surface area contributed by atoms with Crippen molar-refractivity contribution in [2.75, 3.05) is 5.32 Å². The van der Waals surface area contributed by atoms with Gasteiger partial charge in [-0.2, -0.15) is 5.10 Å². The van der Waals surface area contributed by atoms with E-state index in [2.05, 4.69) is 40.9 Å². The second-order valence-corrected chi connectivity index (χ2v) is 6.70. The van der Waals surface area contributed by atoms with Crippen LogP contribution in [-0.4, -0.2) is 45.4 Å². The number of hydrogen-bond acceptors (Lipinski definition) is 8. The fourth-order valence-corrected chi connectivity index (χ4v) is 3.06. The van der Waals surface area contributed by atoms with Crippen molar-refractivity contribution in [2.45, 2.75) is 26.6 Å². The first kappa shape index (κ1) is 20.1. The highest BCUT2D eigenvalue weighted by molar-refractivity contribution is 5.95. The SMILES string of the molecule is CCn1ncnc1CNC(=O)c1cccc(NCc2nnc(-c3ccncn3)n2C)c1. The summed E-state index contributed by atoms with van der Waals surface area (Å²) in [5.41, 5.74) is 2.05. The summed E-state index contributed by atoms with van der Waals surface area (Å²) in [5.74, 6) is 1.93. The van der Waals surface area contributed by atoms with Crippen LogP contribution >= 0.6 is 0 Å². The molecule has 0 spiro atoms. The molecule has 11 nitrogen and oxygen atoms in total. The molecule has 0 fully saturated rings. The Morgan fingerprint density at radius 1 is 1.06 bits per heavy atom. The van der Waals surface area contributed by atoms with Crippen molar-refractivity contribution in [2.24, 2.45) is 7.05 Å². The maximum atomic E-state index is 12.5. The number of aryl methyl sites for hydroxylation is 1. The molecule has 1 amide bonds. The standard InChI is InChI=1S/C20H22N10O/c1-3-30-17(25-13-26-30)10-23-20(31)14-5-4-6-15(9-14)22-11-18-27-28-19(29(18)2)16-7-8-21-12-24-16/h4-9,12-13,22H,3,10-11H2,1-2H3,(H,23,31).